The second-order valence-electron chi connectivity index (χ2n) is 5.14. The lowest BCUT2D eigenvalue weighted by Gasteiger charge is -2.38. The molecule has 0 bridgehead atoms. The van der Waals surface area contributed by atoms with Gasteiger partial charge in [0.05, 0.1) is 6.04 Å². The van der Waals surface area contributed by atoms with E-state index in [1.807, 2.05) is 30.3 Å². The van der Waals surface area contributed by atoms with Gasteiger partial charge in [0.15, 0.2) is 17.8 Å². The molecule has 0 spiro atoms. The molecule has 0 unspecified atom stereocenters. The molecule has 0 radical (unpaired) electrons. The number of hydrogen-bond acceptors (Lipinski definition) is 5. The summed E-state index contributed by atoms with van der Waals surface area (Å²) in [6.07, 6.45) is 4.47. The van der Waals surface area contributed by atoms with Crippen LogP contribution in [0.25, 0.3) is 11.3 Å². The summed E-state index contributed by atoms with van der Waals surface area (Å²) in [5.41, 5.74) is 1.19. The minimum atomic E-state index is -0.121. The summed E-state index contributed by atoms with van der Waals surface area (Å²) in [4.78, 5) is 22.3. The Morgan fingerprint density at radius 2 is 2.05 bits per heavy atom. The maximum absolute atomic E-state index is 12.6. The lowest BCUT2D eigenvalue weighted by molar-refractivity contribution is 0.0496. The fraction of sp³-hybridized carbons (Fsp3) is 0.200. The van der Waals surface area contributed by atoms with Gasteiger partial charge in [-0.05, 0) is 0 Å². The monoisotopic (exact) mass is 295 g/mol. The Morgan fingerprint density at radius 1 is 1.23 bits per heavy atom. The van der Waals surface area contributed by atoms with Crippen molar-refractivity contribution in [3.05, 3.63) is 55.1 Å². The molecule has 0 atom stereocenters. The molecular formula is C15H13N5O2. The molecule has 3 heterocycles. The van der Waals surface area contributed by atoms with Gasteiger partial charge >= 0.3 is 0 Å². The molecule has 3 aromatic rings. The molecule has 0 N–H and O–H groups in total. The number of rotatable bonds is 3. The van der Waals surface area contributed by atoms with E-state index in [0.717, 1.165) is 5.56 Å². The summed E-state index contributed by atoms with van der Waals surface area (Å²) in [6, 6.07) is 9.68. The van der Waals surface area contributed by atoms with Crippen LogP contribution in [0, 0.1) is 0 Å². The van der Waals surface area contributed by atoms with Gasteiger partial charge in [-0.25, -0.2) is 14.6 Å². The smallest absolute Gasteiger partial charge is 0.276 e. The number of likely N-dealkylation sites (tertiary alicyclic amines) is 1. The minimum absolute atomic E-state index is 0.121. The molecule has 1 amide bonds. The van der Waals surface area contributed by atoms with Crippen LogP contribution in [0.5, 0.6) is 0 Å². The van der Waals surface area contributed by atoms with Gasteiger partial charge < -0.3 is 9.32 Å². The van der Waals surface area contributed by atoms with Crippen LogP contribution in [0.3, 0.4) is 0 Å². The predicted octanol–water partition coefficient (Wildman–Crippen LogP) is 1.63. The largest absolute Gasteiger partial charge is 0.443 e. The lowest BCUT2D eigenvalue weighted by Crippen LogP contribution is -2.51. The van der Waals surface area contributed by atoms with Crippen LogP contribution in [0.15, 0.2) is 53.8 Å². The van der Waals surface area contributed by atoms with E-state index in [2.05, 4.69) is 15.1 Å². The van der Waals surface area contributed by atoms with Crippen molar-refractivity contribution >= 4 is 5.91 Å². The van der Waals surface area contributed by atoms with Crippen molar-refractivity contribution in [2.75, 3.05) is 13.1 Å². The quantitative estimate of drug-likeness (QED) is 0.734. The van der Waals surface area contributed by atoms with E-state index in [9.17, 15) is 4.79 Å². The van der Waals surface area contributed by atoms with Crippen molar-refractivity contribution in [3.8, 4) is 11.3 Å². The first-order valence-corrected chi connectivity index (χ1v) is 6.95. The Labute approximate surface area is 126 Å². The number of oxazole rings is 1. The Kier molecular flexibility index (Phi) is 2.96. The van der Waals surface area contributed by atoms with E-state index < -0.39 is 0 Å². The Hall–Kier alpha value is -2.96. The van der Waals surface area contributed by atoms with Gasteiger partial charge in [-0.1, -0.05) is 30.3 Å². The molecule has 0 saturated carbocycles. The topological polar surface area (TPSA) is 77.0 Å². The van der Waals surface area contributed by atoms with E-state index in [1.165, 1.54) is 12.7 Å². The SMILES string of the molecule is O=C(c1ncoc1-c1ccccc1)N1CC(n2cncn2)C1. The third-order valence-corrected chi connectivity index (χ3v) is 3.77. The molecule has 1 aliphatic heterocycles. The first-order chi connectivity index (χ1) is 10.8. The third kappa shape index (κ3) is 2.07. The summed E-state index contributed by atoms with van der Waals surface area (Å²) in [7, 11) is 0. The minimum Gasteiger partial charge on any atom is -0.443 e. The second-order valence-corrected chi connectivity index (χ2v) is 5.14. The van der Waals surface area contributed by atoms with E-state index in [0.29, 0.717) is 24.5 Å². The van der Waals surface area contributed by atoms with Crippen LogP contribution in [-0.2, 0) is 0 Å². The van der Waals surface area contributed by atoms with Crippen LogP contribution in [0.2, 0.25) is 0 Å². The maximum atomic E-state index is 12.6. The maximum Gasteiger partial charge on any atom is 0.276 e. The van der Waals surface area contributed by atoms with Gasteiger partial charge in [-0.2, -0.15) is 5.10 Å². The van der Waals surface area contributed by atoms with Crippen molar-refractivity contribution < 1.29 is 9.21 Å². The molecular weight excluding hydrogens is 282 g/mol. The van der Waals surface area contributed by atoms with Crippen LogP contribution in [-0.4, -0.2) is 43.6 Å². The normalized spacial score (nSPS) is 14.8. The molecule has 1 aromatic carbocycles. The van der Waals surface area contributed by atoms with Crippen molar-refractivity contribution in [2.45, 2.75) is 6.04 Å². The van der Waals surface area contributed by atoms with Crippen LogP contribution in [0.4, 0.5) is 0 Å². The highest BCUT2D eigenvalue weighted by atomic mass is 16.3. The summed E-state index contributed by atoms with van der Waals surface area (Å²) >= 11 is 0. The summed E-state index contributed by atoms with van der Waals surface area (Å²) < 4.78 is 7.17. The molecule has 1 fully saturated rings. The number of aromatic nitrogens is 4. The Balaban J connectivity index is 1.52. The average molecular weight is 295 g/mol. The average Bonchev–Trinajstić information content (AvgIpc) is 3.18. The van der Waals surface area contributed by atoms with Gasteiger partial charge in [-0.3, -0.25) is 4.79 Å². The Morgan fingerprint density at radius 3 is 2.77 bits per heavy atom. The third-order valence-electron chi connectivity index (χ3n) is 3.77. The fourth-order valence-corrected chi connectivity index (χ4v) is 2.54. The van der Waals surface area contributed by atoms with Gasteiger partial charge in [0.2, 0.25) is 0 Å². The number of hydrogen-bond donors (Lipinski definition) is 0. The number of carbonyl (C=O) groups excluding carboxylic acids is 1. The van der Waals surface area contributed by atoms with Crippen molar-refractivity contribution in [1.82, 2.24) is 24.6 Å². The molecule has 1 saturated heterocycles. The zero-order chi connectivity index (χ0) is 14.9. The van der Waals surface area contributed by atoms with Crippen molar-refractivity contribution in [1.29, 1.82) is 0 Å². The van der Waals surface area contributed by atoms with Gasteiger partial charge in [0.25, 0.3) is 5.91 Å². The lowest BCUT2D eigenvalue weighted by atomic mass is 10.1. The van der Waals surface area contributed by atoms with Crippen molar-refractivity contribution in [2.24, 2.45) is 0 Å². The van der Waals surface area contributed by atoms with Crippen LogP contribution >= 0.6 is 0 Å². The highest BCUT2D eigenvalue weighted by Gasteiger charge is 2.35. The highest BCUT2D eigenvalue weighted by Crippen LogP contribution is 2.27. The standard InChI is InChI=1S/C15H13N5O2/c21-15(19-6-12(7-19)20-9-16-8-18-20)13-14(22-10-17-13)11-4-2-1-3-5-11/h1-5,8-10,12H,6-7H2. The summed E-state index contributed by atoms with van der Waals surface area (Å²) in [5, 5.41) is 4.09. The number of nitrogens with zero attached hydrogens (tertiary/aromatic N) is 5. The predicted molar refractivity (Wildman–Crippen MR) is 76.9 cm³/mol. The zero-order valence-electron chi connectivity index (χ0n) is 11.7. The van der Waals surface area contributed by atoms with E-state index in [-0.39, 0.29) is 11.9 Å². The fourth-order valence-electron chi connectivity index (χ4n) is 2.54. The Bertz CT molecular complexity index is 775. The second kappa shape index (κ2) is 5.10. The first kappa shape index (κ1) is 12.8. The van der Waals surface area contributed by atoms with Crippen molar-refractivity contribution in [3.63, 3.8) is 0 Å². The molecule has 7 nitrogen and oxygen atoms in total. The first-order valence-electron chi connectivity index (χ1n) is 6.95. The van der Waals surface area contributed by atoms with E-state index >= 15 is 0 Å². The van der Waals surface area contributed by atoms with Gasteiger partial charge in [0, 0.05) is 18.7 Å². The molecule has 1 aliphatic rings. The van der Waals surface area contributed by atoms with Crippen LogP contribution in [0.1, 0.15) is 16.5 Å². The summed E-state index contributed by atoms with van der Waals surface area (Å²) in [6.45, 7) is 1.20. The molecule has 22 heavy (non-hydrogen) atoms. The number of amides is 1. The number of benzene rings is 1. The van der Waals surface area contributed by atoms with Crippen LogP contribution < -0.4 is 0 Å². The molecule has 2 aromatic heterocycles. The molecule has 0 aliphatic carbocycles. The molecule has 110 valence electrons. The molecule has 7 heteroatoms. The summed E-state index contributed by atoms with van der Waals surface area (Å²) in [5.74, 6) is 0.388. The molecule has 4 rings (SSSR count). The van der Waals surface area contributed by atoms with E-state index in [4.69, 9.17) is 4.42 Å². The number of carbonyl (C=O) groups is 1. The highest BCUT2D eigenvalue weighted by molar-refractivity contribution is 5.98. The zero-order valence-corrected chi connectivity index (χ0v) is 11.7. The van der Waals surface area contributed by atoms with Gasteiger partial charge in [-0.15, -0.1) is 0 Å². The van der Waals surface area contributed by atoms with Gasteiger partial charge in [0.1, 0.15) is 12.7 Å². The van der Waals surface area contributed by atoms with E-state index in [1.54, 1.807) is 15.9 Å².